The largest absolute Gasteiger partial charge is 0.451 e. The van der Waals surface area contributed by atoms with E-state index in [0.717, 1.165) is 0 Å². The fourth-order valence-corrected chi connectivity index (χ4v) is 1.18. The normalized spacial score (nSPS) is 12.7. The van der Waals surface area contributed by atoms with Crippen LogP contribution in [0.4, 0.5) is 19.0 Å². The van der Waals surface area contributed by atoms with Crippen LogP contribution in [0.15, 0.2) is 6.07 Å². The standard InChI is InChI=1S/C9H11ClF3N3/c1-8(2,3)16-6-4-5(10)14-7(15-6)9(11,12)13/h4H,1-3H3,(H,14,15,16). The van der Waals surface area contributed by atoms with Gasteiger partial charge in [-0.3, -0.25) is 0 Å². The number of nitrogens with zero attached hydrogens (tertiary/aromatic N) is 2. The van der Waals surface area contributed by atoms with Crippen molar-refractivity contribution in [3.05, 3.63) is 17.0 Å². The molecule has 0 unspecified atom stereocenters. The van der Waals surface area contributed by atoms with Crippen molar-refractivity contribution in [3.63, 3.8) is 0 Å². The molecular formula is C9H11ClF3N3. The fraction of sp³-hybridized carbons (Fsp3) is 0.556. The molecule has 1 aromatic heterocycles. The van der Waals surface area contributed by atoms with Crippen molar-refractivity contribution in [2.24, 2.45) is 0 Å². The number of anilines is 1. The molecule has 3 nitrogen and oxygen atoms in total. The molecule has 0 saturated heterocycles. The first-order valence-electron chi connectivity index (χ1n) is 4.48. The van der Waals surface area contributed by atoms with Crippen molar-refractivity contribution in [1.82, 2.24) is 9.97 Å². The van der Waals surface area contributed by atoms with Crippen LogP contribution in [0, 0.1) is 0 Å². The molecule has 1 heterocycles. The van der Waals surface area contributed by atoms with Gasteiger partial charge >= 0.3 is 6.18 Å². The van der Waals surface area contributed by atoms with E-state index in [4.69, 9.17) is 11.6 Å². The molecular weight excluding hydrogens is 243 g/mol. The third-order valence-corrected chi connectivity index (χ3v) is 1.65. The Morgan fingerprint density at radius 1 is 1.19 bits per heavy atom. The zero-order valence-corrected chi connectivity index (χ0v) is 9.74. The van der Waals surface area contributed by atoms with Gasteiger partial charge in [0.15, 0.2) is 0 Å². The van der Waals surface area contributed by atoms with Gasteiger partial charge in [0.25, 0.3) is 0 Å². The second kappa shape index (κ2) is 4.08. The molecule has 0 saturated carbocycles. The van der Waals surface area contributed by atoms with Crippen molar-refractivity contribution in [3.8, 4) is 0 Å². The first kappa shape index (κ1) is 13.0. The minimum atomic E-state index is -4.60. The number of hydrogen-bond acceptors (Lipinski definition) is 3. The molecule has 16 heavy (non-hydrogen) atoms. The second-order valence-corrected chi connectivity index (χ2v) is 4.66. The molecule has 0 atom stereocenters. The molecule has 0 amide bonds. The van der Waals surface area contributed by atoms with Gasteiger partial charge in [0, 0.05) is 11.6 Å². The average molecular weight is 254 g/mol. The van der Waals surface area contributed by atoms with E-state index in [1.807, 2.05) is 0 Å². The Balaban J connectivity index is 3.09. The minimum Gasteiger partial charge on any atom is -0.365 e. The molecule has 0 aliphatic rings. The molecule has 0 aliphatic heterocycles. The summed E-state index contributed by atoms with van der Waals surface area (Å²) in [6.45, 7) is 5.41. The summed E-state index contributed by atoms with van der Waals surface area (Å²) in [4.78, 5) is 6.48. The van der Waals surface area contributed by atoms with Gasteiger partial charge in [-0.2, -0.15) is 13.2 Å². The van der Waals surface area contributed by atoms with Crippen molar-refractivity contribution in [2.75, 3.05) is 5.32 Å². The van der Waals surface area contributed by atoms with Gasteiger partial charge in [0.2, 0.25) is 5.82 Å². The van der Waals surface area contributed by atoms with Gasteiger partial charge in [-0.15, -0.1) is 0 Å². The molecule has 0 aromatic carbocycles. The summed E-state index contributed by atoms with van der Waals surface area (Å²) >= 11 is 5.49. The Bertz CT molecular complexity index is 385. The summed E-state index contributed by atoms with van der Waals surface area (Å²) in [5, 5.41) is 2.56. The van der Waals surface area contributed by atoms with Crippen molar-refractivity contribution >= 4 is 17.4 Å². The number of halogens is 4. The van der Waals surface area contributed by atoms with Crippen molar-refractivity contribution < 1.29 is 13.2 Å². The van der Waals surface area contributed by atoms with Crippen LogP contribution in [0.3, 0.4) is 0 Å². The second-order valence-electron chi connectivity index (χ2n) is 4.27. The third kappa shape index (κ3) is 3.84. The molecule has 1 rings (SSSR count). The zero-order chi connectivity index (χ0) is 12.6. The van der Waals surface area contributed by atoms with Gasteiger partial charge in [-0.05, 0) is 20.8 Å². The van der Waals surface area contributed by atoms with Crippen LogP contribution in [0.25, 0.3) is 0 Å². The van der Waals surface area contributed by atoms with E-state index in [1.165, 1.54) is 6.07 Å². The minimum absolute atomic E-state index is 0.0554. The highest BCUT2D eigenvalue weighted by atomic mass is 35.5. The van der Waals surface area contributed by atoms with Crippen LogP contribution < -0.4 is 5.32 Å². The number of rotatable bonds is 1. The lowest BCUT2D eigenvalue weighted by Gasteiger charge is -2.21. The molecule has 90 valence electrons. The van der Waals surface area contributed by atoms with E-state index >= 15 is 0 Å². The highest BCUT2D eigenvalue weighted by Crippen LogP contribution is 2.28. The number of alkyl halides is 3. The first-order valence-corrected chi connectivity index (χ1v) is 4.86. The quantitative estimate of drug-likeness (QED) is 0.780. The summed E-state index contributed by atoms with van der Waals surface area (Å²) in [5.41, 5.74) is -0.402. The van der Waals surface area contributed by atoms with Gasteiger partial charge in [0.05, 0.1) is 0 Å². The van der Waals surface area contributed by atoms with Crippen molar-refractivity contribution in [1.29, 1.82) is 0 Å². The van der Waals surface area contributed by atoms with Crippen LogP contribution in [0.1, 0.15) is 26.6 Å². The number of aromatic nitrogens is 2. The molecule has 0 radical (unpaired) electrons. The molecule has 0 aliphatic carbocycles. The molecule has 1 N–H and O–H groups in total. The molecule has 7 heteroatoms. The SMILES string of the molecule is CC(C)(C)Nc1cc(Cl)nc(C(F)(F)F)n1. The van der Waals surface area contributed by atoms with Gasteiger partial charge in [0.1, 0.15) is 11.0 Å². The van der Waals surface area contributed by atoms with Crippen LogP contribution in [-0.4, -0.2) is 15.5 Å². The monoisotopic (exact) mass is 253 g/mol. The third-order valence-electron chi connectivity index (χ3n) is 1.45. The average Bonchev–Trinajstić information content (AvgIpc) is 1.97. The van der Waals surface area contributed by atoms with E-state index < -0.39 is 17.5 Å². The molecule has 0 bridgehead atoms. The Hall–Kier alpha value is -1.04. The smallest absolute Gasteiger partial charge is 0.365 e. The molecule has 0 spiro atoms. The van der Waals surface area contributed by atoms with Crippen LogP contribution in [0.2, 0.25) is 5.15 Å². The topological polar surface area (TPSA) is 37.8 Å². The van der Waals surface area contributed by atoms with Gasteiger partial charge < -0.3 is 5.32 Å². The number of hydrogen-bond donors (Lipinski definition) is 1. The maximum absolute atomic E-state index is 12.4. The summed E-state index contributed by atoms with van der Waals surface area (Å²) < 4.78 is 37.1. The summed E-state index contributed by atoms with van der Waals surface area (Å²) in [5.74, 6) is -1.19. The predicted molar refractivity (Wildman–Crippen MR) is 55.4 cm³/mol. The summed E-state index contributed by atoms with van der Waals surface area (Å²) in [6, 6.07) is 1.25. The Kier molecular flexibility index (Phi) is 3.33. The lowest BCUT2D eigenvalue weighted by molar-refractivity contribution is -0.144. The van der Waals surface area contributed by atoms with Crippen LogP contribution >= 0.6 is 11.6 Å². The van der Waals surface area contributed by atoms with Crippen LogP contribution in [0.5, 0.6) is 0 Å². The maximum Gasteiger partial charge on any atom is 0.451 e. The fourth-order valence-electron chi connectivity index (χ4n) is 0.993. The summed E-state index contributed by atoms with van der Waals surface area (Å²) in [6.07, 6.45) is -4.60. The van der Waals surface area contributed by atoms with E-state index in [9.17, 15) is 13.2 Å². The van der Waals surface area contributed by atoms with Crippen molar-refractivity contribution in [2.45, 2.75) is 32.5 Å². The first-order chi connectivity index (χ1) is 7.08. The van der Waals surface area contributed by atoms with Crippen LogP contribution in [-0.2, 0) is 6.18 Å². The molecule has 1 aromatic rings. The Morgan fingerprint density at radius 2 is 1.75 bits per heavy atom. The summed E-state index contributed by atoms with van der Waals surface area (Å²) in [7, 11) is 0. The van der Waals surface area contributed by atoms with E-state index in [-0.39, 0.29) is 11.0 Å². The van der Waals surface area contributed by atoms with E-state index in [1.54, 1.807) is 20.8 Å². The van der Waals surface area contributed by atoms with Gasteiger partial charge in [-0.1, -0.05) is 11.6 Å². The highest BCUT2D eigenvalue weighted by molar-refractivity contribution is 6.29. The number of nitrogens with one attached hydrogen (secondary N) is 1. The predicted octanol–water partition coefficient (Wildman–Crippen LogP) is 3.36. The Labute approximate surface area is 96.0 Å². The van der Waals surface area contributed by atoms with E-state index in [2.05, 4.69) is 15.3 Å². The van der Waals surface area contributed by atoms with E-state index in [0.29, 0.717) is 0 Å². The van der Waals surface area contributed by atoms with Gasteiger partial charge in [-0.25, -0.2) is 9.97 Å². The Morgan fingerprint density at radius 3 is 2.19 bits per heavy atom. The lowest BCUT2D eigenvalue weighted by Crippen LogP contribution is -2.27. The highest BCUT2D eigenvalue weighted by Gasteiger charge is 2.35. The maximum atomic E-state index is 12.4. The lowest BCUT2D eigenvalue weighted by atomic mass is 10.1. The zero-order valence-electron chi connectivity index (χ0n) is 8.98. The molecule has 0 fully saturated rings.